The summed E-state index contributed by atoms with van der Waals surface area (Å²) in [5.41, 5.74) is 7.94. The maximum Gasteiger partial charge on any atom is 0.248 e. The van der Waals surface area contributed by atoms with Gasteiger partial charge in [0.2, 0.25) is 11.8 Å². The molecule has 3 aromatic rings. The van der Waals surface area contributed by atoms with Gasteiger partial charge in [0, 0.05) is 28.4 Å². The van der Waals surface area contributed by atoms with Crippen LogP contribution in [0.3, 0.4) is 0 Å². The molecule has 1 aromatic heterocycles. The number of nitrogens with one attached hydrogen (secondary N) is 2. The highest BCUT2D eigenvalue weighted by Gasteiger charge is 2.11. The molecule has 2 amide bonds. The first-order valence-corrected chi connectivity index (χ1v) is 7.40. The molecule has 0 aliphatic carbocycles. The monoisotopic (exact) mass is 323 g/mol. The Hall–Kier alpha value is -3.28. The molecule has 0 spiro atoms. The number of hydrogen-bond acceptors (Lipinski definition) is 3. The predicted molar refractivity (Wildman–Crippen MR) is 92.1 cm³/mol. The van der Waals surface area contributed by atoms with Gasteiger partial charge < -0.3 is 20.8 Å². The van der Waals surface area contributed by atoms with Gasteiger partial charge in [-0.1, -0.05) is 6.07 Å². The molecule has 4 N–H and O–H groups in total. The number of aromatic amines is 1. The third-order valence-electron chi connectivity index (χ3n) is 3.76. The van der Waals surface area contributed by atoms with E-state index in [1.54, 1.807) is 31.4 Å². The summed E-state index contributed by atoms with van der Waals surface area (Å²) in [4.78, 5) is 26.6. The third kappa shape index (κ3) is 3.22. The fourth-order valence-corrected chi connectivity index (χ4v) is 2.56. The fraction of sp³-hybridized carbons (Fsp3) is 0.111. The minimum Gasteiger partial charge on any atom is -0.497 e. The summed E-state index contributed by atoms with van der Waals surface area (Å²) < 4.78 is 5.22. The number of ether oxygens (including phenoxy) is 1. The van der Waals surface area contributed by atoms with Crippen molar-refractivity contribution in [2.45, 2.75) is 6.42 Å². The van der Waals surface area contributed by atoms with Crippen molar-refractivity contribution in [3.05, 3.63) is 59.8 Å². The van der Waals surface area contributed by atoms with Crippen LogP contribution in [-0.2, 0) is 11.2 Å². The number of fused-ring (bicyclic) bond motifs is 1. The highest BCUT2D eigenvalue weighted by Crippen LogP contribution is 2.24. The Kier molecular flexibility index (Phi) is 4.20. The SMILES string of the molecule is COc1ccc2[nH]cc(CC(=O)Nc3cccc(C(N)=O)c3)c2c1. The topological polar surface area (TPSA) is 97.2 Å². The summed E-state index contributed by atoms with van der Waals surface area (Å²) >= 11 is 0. The van der Waals surface area contributed by atoms with Crippen LogP contribution < -0.4 is 15.8 Å². The number of amides is 2. The van der Waals surface area contributed by atoms with Crippen molar-refractivity contribution in [3.63, 3.8) is 0 Å². The number of carbonyl (C=O) groups excluding carboxylic acids is 2. The molecule has 0 saturated heterocycles. The standard InChI is InChI=1S/C18H17N3O3/c1-24-14-5-6-16-15(9-14)12(10-20-16)8-17(22)21-13-4-2-3-11(7-13)18(19)23/h2-7,9-10,20H,8H2,1H3,(H2,19,23)(H,21,22). The van der Waals surface area contributed by atoms with E-state index in [0.29, 0.717) is 11.3 Å². The molecule has 122 valence electrons. The number of methoxy groups -OCH3 is 1. The van der Waals surface area contributed by atoms with E-state index in [2.05, 4.69) is 10.3 Å². The van der Waals surface area contributed by atoms with E-state index in [1.807, 2.05) is 24.4 Å². The van der Waals surface area contributed by atoms with Gasteiger partial charge in [-0.2, -0.15) is 0 Å². The van der Waals surface area contributed by atoms with E-state index in [0.717, 1.165) is 22.2 Å². The normalized spacial score (nSPS) is 10.5. The molecule has 0 unspecified atom stereocenters. The first-order valence-electron chi connectivity index (χ1n) is 7.40. The van der Waals surface area contributed by atoms with Crippen LogP contribution in [0.4, 0.5) is 5.69 Å². The number of anilines is 1. The van der Waals surface area contributed by atoms with E-state index >= 15 is 0 Å². The predicted octanol–water partition coefficient (Wildman–Crippen LogP) is 2.46. The number of nitrogens with two attached hydrogens (primary N) is 1. The molecule has 0 aliphatic rings. The van der Waals surface area contributed by atoms with Gasteiger partial charge in [-0.25, -0.2) is 0 Å². The summed E-state index contributed by atoms with van der Waals surface area (Å²) in [7, 11) is 1.60. The molecule has 0 fully saturated rings. The number of carbonyl (C=O) groups is 2. The molecule has 0 radical (unpaired) electrons. The smallest absolute Gasteiger partial charge is 0.248 e. The Bertz CT molecular complexity index is 915. The number of rotatable bonds is 5. The molecular weight excluding hydrogens is 306 g/mol. The van der Waals surface area contributed by atoms with Gasteiger partial charge in [-0.3, -0.25) is 9.59 Å². The second kappa shape index (κ2) is 6.45. The quantitative estimate of drug-likeness (QED) is 0.673. The van der Waals surface area contributed by atoms with Gasteiger partial charge in [0.15, 0.2) is 0 Å². The molecule has 0 atom stereocenters. The van der Waals surface area contributed by atoms with E-state index in [-0.39, 0.29) is 12.3 Å². The zero-order valence-electron chi connectivity index (χ0n) is 13.1. The lowest BCUT2D eigenvalue weighted by atomic mass is 10.1. The second-order valence-electron chi connectivity index (χ2n) is 5.40. The van der Waals surface area contributed by atoms with Crippen LogP contribution in [0.1, 0.15) is 15.9 Å². The first kappa shape index (κ1) is 15.6. The zero-order chi connectivity index (χ0) is 17.1. The summed E-state index contributed by atoms with van der Waals surface area (Å²) in [6.07, 6.45) is 2.01. The molecular formula is C18H17N3O3. The summed E-state index contributed by atoms with van der Waals surface area (Å²) in [6, 6.07) is 12.2. The van der Waals surface area contributed by atoms with Crippen molar-refractivity contribution < 1.29 is 14.3 Å². The molecule has 6 nitrogen and oxygen atoms in total. The second-order valence-corrected chi connectivity index (χ2v) is 5.40. The van der Waals surface area contributed by atoms with E-state index in [9.17, 15) is 9.59 Å². The van der Waals surface area contributed by atoms with Crippen LogP contribution in [0.2, 0.25) is 0 Å². The molecule has 3 rings (SSSR count). The van der Waals surface area contributed by atoms with E-state index in [4.69, 9.17) is 10.5 Å². The van der Waals surface area contributed by atoms with E-state index < -0.39 is 5.91 Å². The fourth-order valence-electron chi connectivity index (χ4n) is 2.56. The summed E-state index contributed by atoms with van der Waals surface area (Å²) in [6.45, 7) is 0. The molecule has 24 heavy (non-hydrogen) atoms. The Labute approximate surface area is 138 Å². The van der Waals surface area contributed by atoms with Gasteiger partial charge in [0.05, 0.1) is 13.5 Å². The molecule has 6 heteroatoms. The van der Waals surface area contributed by atoms with Crippen molar-refractivity contribution in [2.75, 3.05) is 12.4 Å². The molecule has 0 bridgehead atoms. The maximum absolute atomic E-state index is 12.3. The minimum absolute atomic E-state index is 0.180. The minimum atomic E-state index is -0.533. The van der Waals surface area contributed by atoms with E-state index in [1.165, 1.54) is 0 Å². The van der Waals surface area contributed by atoms with Crippen molar-refractivity contribution in [3.8, 4) is 5.75 Å². The molecule has 0 saturated carbocycles. The Morgan fingerprint density at radius 3 is 2.79 bits per heavy atom. The number of hydrogen-bond donors (Lipinski definition) is 3. The van der Waals surface area contributed by atoms with Gasteiger partial charge >= 0.3 is 0 Å². The third-order valence-corrected chi connectivity index (χ3v) is 3.76. The lowest BCUT2D eigenvalue weighted by molar-refractivity contribution is -0.115. The Balaban J connectivity index is 1.78. The maximum atomic E-state index is 12.3. The van der Waals surface area contributed by atoms with Crippen molar-refractivity contribution in [1.29, 1.82) is 0 Å². The lowest BCUT2D eigenvalue weighted by Crippen LogP contribution is -2.15. The number of H-pyrrole nitrogens is 1. The average molecular weight is 323 g/mol. The van der Waals surface area contributed by atoms with Crippen LogP contribution in [0.25, 0.3) is 10.9 Å². The highest BCUT2D eigenvalue weighted by atomic mass is 16.5. The highest BCUT2D eigenvalue weighted by molar-refractivity contribution is 5.98. The van der Waals surface area contributed by atoms with Gasteiger partial charge in [0.1, 0.15) is 5.75 Å². The first-order chi connectivity index (χ1) is 11.6. The van der Waals surface area contributed by atoms with Crippen LogP contribution >= 0.6 is 0 Å². The molecule has 0 aliphatic heterocycles. The summed E-state index contributed by atoms with van der Waals surface area (Å²) in [5, 5.41) is 3.72. The Morgan fingerprint density at radius 1 is 1.21 bits per heavy atom. The van der Waals surface area contributed by atoms with Crippen molar-refractivity contribution in [2.24, 2.45) is 5.73 Å². The number of aromatic nitrogens is 1. The Morgan fingerprint density at radius 2 is 2.04 bits per heavy atom. The average Bonchev–Trinajstić information content (AvgIpc) is 2.97. The van der Waals surface area contributed by atoms with Crippen molar-refractivity contribution in [1.82, 2.24) is 4.98 Å². The number of benzene rings is 2. The van der Waals surface area contributed by atoms with Gasteiger partial charge in [0.25, 0.3) is 0 Å². The summed E-state index contributed by atoms with van der Waals surface area (Å²) in [5.74, 6) is 0.0214. The van der Waals surface area contributed by atoms with Crippen LogP contribution in [-0.4, -0.2) is 23.9 Å². The van der Waals surface area contributed by atoms with Crippen LogP contribution in [0.5, 0.6) is 5.75 Å². The zero-order valence-corrected chi connectivity index (χ0v) is 13.1. The van der Waals surface area contributed by atoms with Crippen LogP contribution in [0, 0.1) is 0 Å². The number of primary amides is 1. The largest absolute Gasteiger partial charge is 0.497 e. The van der Waals surface area contributed by atoms with Gasteiger partial charge in [-0.05, 0) is 42.0 Å². The lowest BCUT2D eigenvalue weighted by Gasteiger charge is -2.06. The molecule has 1 heterocycles. The molecule has 2 aromatic carbocycles. The van der Waals surface area contributed by atoms with Crippen molar-refractivity contribution >= 4 is 28.4 Å². The van der Waals surface area contributed by atoms with Gasteiger partial charge in [-0.15, -0.1) is 0 Å². The van der Waals surface area contributed by atoms with Crippen LogP contribution in [0.15, 0.2) is 48.7 Å².